The Labute approximate surface area is 113 Å². The zero-order valence-electron chi connectivity index (χ0n) is 9.72. The molecule has 98 valence electrons. The zero-order chi connectivity index (χ0) is 13.5. The summed E-state index contributed by atoms with van der Waals surface area (Å²) in [7, 11) is 0. The first-order valence-corrected chi connectivity index (χ1v) is 5.99. The third-order valence-corrected chi connectivity index (χ3v) is 3.14. The average molecular weight is 283 g/mol. The molecule has 1 aliphatic rings. The minimum absolute atomic E-state index is 0.301. The largest absolute Gasteiger partial charge is 0.329 e. The van der Waals surface area contributed by atoms with Crippen LogP contribution in [-0.4, -0.2) is 34.0 Å². The molecule has 0 radical (unpaired) electrons. The van der Waals surface area contributed by atoms with E-state index >= 15 is 0 Å². The lowest BCUT2D eigenvalue weighted by atomic mass is 10.1. The lowest BCUT2D eigenvalue weighted by molar-refractivity contribution is -0.0271. The van der Waals surface area contributed by atoms with Gasteiger partial charge in [0.2, 0.25) is 5.95 Å². The number of aromatic nitrogens is 3. The van der Waals surface area contributed by atoms with Crippen molar-refractivity contribution < 1.29 is 8.78 Å². The van der Waals surface area contributed by atoms with E-state index in [1.165, 1.54) is 4.90 Å². The van der Waals surface area contributed by atoms with Crippen molar-refractivity contribution in [2.45, 2.75) is 5.92 Å². The van der Waals surface area contributed by atoms with Gasteiger partial charge < -0.3 is 4.90 Å². The maximum atomic E-state index is 12.7. The summed E-state index contributed by atoms with van der Waals surface area (Å²) in [6.45, 7) is -0.667. The molecule has 3 heterocycles. The van der Waals surface area contributed by atoms with Crippen LogP contribution in [-0.2, 0) is 0 Å². The molecule has 7 heteroatoms. The average Bonchev–Trinajstić information content (AvgIpc) is 2.37. The molecule has 1 aliphatic heterocycles. The number of hydrogen-bond acceptors (Lipinski definition) is 4. The van der Waals surface area contributed by atoms with Gasteiger partial charge >= 0.3 is 0 Å². The molecule has 1 saturated heterocycles. The van der Waals surface area contributed by atoms with Crippen LogP contribution in [0.25, 0.3) is 11.1 Å². The number of rotatable bonds is 2. The molecule has 0 aromatic carbocycles. The van der Waals surface area contributed by atoms with Gasteiger partial charge in [-0.05, 0) is 12.1 Å². The second kappa shape index (κ2) is 4.38. The van der Waals surface area contributed by atoms with E-state index in [0.717, 1.165) is 0 Å². The molecular formula is C12H9ClF2N4. The van der Waals surface area contributed by atoms with Crippen molar-refractivity contribution in [2.75, 3.05) is 18.0 Å². The van der Waals surface area contributed by atoms with Crippen LogP contribution >= 0.6 is 11.6 Å². The van der Waals surface area contributed by atoms with Crippen LogP contribution in [0.2, 0.25) is 5.15 Å². The van der Waals surface area contributed by atoms with E-state index in [0.29, 0.717) is 22.2 Å². The van der Waals surface area contributed by atoms with Crippen LogP contribution < -0.4 is 4.90 Å². The maximum Gasteiger partial charge on any atom is 0.282 e. The monoisotopic (exact) mass is 282 g/mol. The highest BCUT2D eigenvalue weighted by atomic mass is 35.5. The van der Waals surface area contributed by atoms with E-state index in [1.54, 1.807) is 30.7 Å². The Morgan fingerprint density at radius 1 is 1.16 bits per heavy atom. The summed E-state index contributed by atoms with van der Waals surface area (Å²) in [6.07, 6.45) is 4.70. The number of nitrogens with zero attached hydrogens (tertiary/aromatic N) is 4. The van der Waals surface area contributed by atoms with Crippen molar-refractivity contribution in [2.24, 2.45) is 0 Å². The molecule has 3 rings (SSSR count). The van der Waals surface area contributed by atoms with Crippen LogP contribution in [0.5, 0.6) is 0 Å². The number of hydrogen-bond donors (Lipinski definition) is 0. The minimum Gasteiger partial charge on any atom is -0.329 e. The molecule has 0 N–H and O–H groups in total. The Morgan fingerprint density at radius 3 is 2.42 bits per heavy atom. The Balaban J connectivity index is 1.82. The molecule has 1 fully saturated rings. The molecule has 0 unspecified atom stereocenters. The Hall–Kier alpha value is -1.82. The van der Waals surface area contributed by atoms with E-state index < -0.39 is 5.92 Å². The summed E-state index contributed by atoms with van der Waals surface area (Å²) >= 11 is 5.96. The molecular weight excluding hydrogens is 274 g/mol. The topological polar surface area (TPSA) is 41.9 Å². The van der Waals surface area contributed by atoms with Crippen molar-refractivity contribution >= 4 is 17.5 Å². The number of halogens is 3. The first kappa shape index (κ1) is 12.2. The fraction of sp³-hybridized carbons (Fsp3) is 0.250. The van der Waals surface area contributed by atoms with Gasteiger partial charge in [-0.3, -0.25) is 0 Å². The van der Waals surface area contributed by atoms with Gasteiger partial charge in [0.1, 0.15) is 5.15 Å². The van der Waals surface area contributed by atoms with Crippen LogP contribution in [0, 0.1) is 0 Å². The number of pyridine rings is 1. The summed E-state index contributed by atoms with van der Waals surface area (Å²) in [5.41, 5.74) is 1.42. The molecule has 0 aliphatic carbocycles. The minimum atomic E-state index is -2.63. The van der Waals surface area contributed by atoms with Gasteiger partial charge in [-0.1, -0.05) is 11.6 Å². The second-order valence-electron chi connectivity index (χ2n) is 4.33. The lowest BCUT2D eigenvalue weighted by Crippen LogP contribution is -2.57. The van der Waals surface area contributed by atoms with Gasteiger partial charge in [-0.2, -0.15) is 0 Å². The van der Waals surface area contributed by atoms with Gasteiger partial charge in [0.15, 0.2) is 0 Å². The van der Waals surface area contributed by atoms with Gasteiger partial charge in [-0.15, -0.1) is 0 Å². The van der Waals surface area contributed by atoms with Gasteiger partial charge in [0, 0.05) is 29.7 Å². The molecule has 0 saturated carbocycles. The van der Waals surface area contributed by atoms with Crippen molar-refractivity contribution in [1.82, 2.24) is 15.0 Å². The zero-order valence-corrected chi connectivity index (χ0v) is 10.5. The van der Waals surface area contributed by atoms with Crippen LogP contribution in [0.3, 0.4) is 0 Å². The predicted octanol–water partition coefficient (Wildman–Crippen LogP) is 2.65. The Kier molecular flexibility index (Phi) is 2.82. The van der Waals surface area contributed by atoms with Crippen LogP contribution in [0.1, 0.15) is 0 Å². The van der Waals surface area contributed by atoms with Crippen molar-refractivity contribution in [1.29, 1.82) is 0 Å². The summed E-state index contributed by atoms with van der Waals surface area (Å²) in [6, 6.07) is 3.55. The first-order valence-electron chi connectivity index (χ1n) is 5.61. The maximum absolute atomic E-state index is 12.7. The highest BCUT2D eigenvalue weighted by molar-refractivity contribution is 6.32. The van der Waals surface area contributed by atoms with Crippen LogP contribution in [0.4, 0.5) is 14.7 Å². The number of anilines is 1. The second-order valence-corrected chi connectivity index (χ2v) is 4.68. The normalized spacial score (nSPS) is 17.1. The van der Waals surface area contributed by atoms with Crippen molar-refractivity contribution in [3.05, 3.63) is 35.9 Å². The highest BCUT2D eigenvalue weighted by Crippen LogP contribution is 2.30. The standard InChI is InChI=1S/C12H9ClF2N4/c13-10-9(2-1-3-16-10)8-4-17-11(18-5-8)19-6-12(14,15)7-19/h1-5H,6-7H2. The third-order valence-electron chi connectivity index (χ3n) is 2.84. The van der Waals surface area contributed by atoms with Gasteiger partial charge in [0.25, 0.3) is 5.92 Å². The fourth-order valence-corrected chi connectivity index (χ4v) is 2.11. The fourth-order valence-electron chi connectivity index (χ4n) is 1.88. The van der Waals surface area contributed by atoms with Crippen LogP contribution in [0.15, 0.2) is 30.7 Å². The first-order chi connectivity index (χ1) is 9.05. The predicted molar refractivity (Wildman–Crippen MR) is 67.4 cm³/mol. The highest BCUT2D eigenvalue weighted by Gasteiger charge is 2.45. The van der Waals surface area contributed by atoms with E-state index in [2.05, 4.69) is 15.0 Å². The van der Waals surface area contributed by atoms with Gasteiger partial charge in [0.05, 0.1) is 13.1 Å². The Bertz CT molecular complexity index is 595. The molecule has 2 aromatic heterocycles. The quantitative estimate of drug-likeness (QED) is 0.794. The molecule has 0 bridgehead atoms. The molecule has 2 aromatic rings. The molecule has 0 spiro atoms. The SMILES string of the molecule is FC1(F)CN(c2ncc(-c3cccnc3Cl)cn2)C1. The Morgan fingerprint density at radius 2 is 1.84 bits per heavy atom. The van der Waals surface area contributed by atoms with Crippen molar-refractivity contribution in [3.8, 4) is 11.1 Å². The lowest BCUT2D eigenvalue weighted by Gasteiger charge is -2.38. The van der Waals surface area contributed by atoms with Crippen molar-refractivity contribution in [3.63, 3.8) is 0 Å². The number of alkyl halides is 2. The van der Waals surface area contributed by atoms with E-state index in [9.17, 15) is 8.78 Å². The molecule has 0 atom stereocenters. The van der Waals surface area contributed by atoms with E-state index in [1.807, 2.05) is 0 Å². The van der Waals surface area contributed by atoms with E-state index in [4.69, 9.17) is 11.6 Å². The smallest absolute Gasteiger partial charge is 0.282 e. The summed E-state index contributed by atoms with van der Waals surface area (Å²) in [4.78, 5) is 13.5. The molecule has 0 amide bonds. The molecule has 19 heavy (non-hydrogen) atoms. The summed E-state index contributed by atoms with van der Waals surface area (Å²) in [5, 5.41) is 0.356. The van der Waals surface area contributed by atoms with Gasteiger partial charge in [-0.25, -0.2) is 23.7 Å². The summed E-state index contributed by atoms with van der Waals surface area (Å²) in [5.74, 6) is -2.33. The third kappa shape index (κ3) is 2.35. The molecule has 4 nitrogen and oxygen atoms in total. The summed E-state index contributed by atoms with van der Waals surface area (Å²) < 4.78 is 25.5. The van der Waals surface area contributed by atoms with E-state index in [-0.39, 0.29) is 13.1 Å².